The van der Waals surface area contributed by atoms with Gasteiger partial charge in [0, 0.05) is 18.0 Å². The number of carbonyl (C=O) groups excluding carboxylic acids is 1. The number of aromatic nitrogens is 1. The van der Waals surface area contributed by atoms with E-state index in [9.17, 15) is 4.79 Å². The maximum Gasteiger partial charge on any atom is 0.228 e. The van der Waals surface area contributed by atoms with Crippen LogP contribution in [0, 0.1) is 5.92 Å². The van der Waals surface area contributed by atoms with Gasteiger partial charge >= 0.3 is 0 Å². The van der Waals surface area contributed by atoms with Gasteiger partial charge in [0.15, 0.2) is 5.13 Å². The van der Waals surface area contributed by atoms with E-state index in [4.69, 9.17) is 5.73 Å². The first-order chi connectivity index (χ1) is 7.90. The second-order valence-electron chi connectivity index (χ2n) is 4.89. The van der Waals surface area contributed by atoms with E-state index in [2.05, 4.69) is 18.8 Å². The third-order valence-electron chi connectivity index (χ3n) is 2.41. The molecule has 1 aromatic heterocycles. The first-order valence-corrected chi connectivity index (χ1v) is 6.77. The molecule has 5 heteroatoms. The Bertz CT molecular complexity index is 374. The molecule has 1 rings (SSSR count). The Labute approximate surface area is 107 Å². The summed E-state index contributed by atoms with van der Waals surface area (Å²) in [4.78, 5) is 18.2. The van der Waals surface area contributed by atoms with Crippen molar-refractivity contribution in [2.75, 3.05) is 12.3 Å². The number of nitrogens with two attached hydrogens (primary N) is 1. The Morgan fingerprint density at radius 1 is 1.47 bits per heavy atom. The van der Waals surface area contributed by atoms with Gasteiger partial charge in [-0.25, -0.2) is 4.98 Å². The van der Waals surface area contributed by atoms with Gasteiger partial charge in [-0.1, -0.05) is 13.8 Å². The Morgan fingerprint density at radius 3 is 2.53 bits per heavy atom. The molecule has 1 aromatic rings. The molecule has 4 nitrogen and oxygen atoms in total. The van der Waals surface area contributed by atoms with Gasteiger partial charge in [-0.2, -0.15) is 0 Å². The average molecular weight is 255 g/mol. The van der Waals surface area contributed by atoms with Crippen molar-refractivity contribution < 1.29 is 4.79 Å². The quantitative estimate of drug-likeness (QED) is 0.877. The highest BCUT2D eigenvalue weighted by atomic mass is 32.1. The Balaban J connectivity index is 2.65. The number of thiazole rings is 1. The van der Waals surface area contributed by atoms with Crippen LogP contribution in [0.2, 0.25) is 0 Å². The molecule has 0 spiro atoms. The first-order valence-electron chi connectivity index (χ1n) is 5.89. The van der Waals surface area contributed by atoms with E-state index in [1.165, 1.54) is 11.3 Å². The van der Waals surface area contributed by atoms with Gasteiger partial charge in [-0.15, -0.1) is 11.3 Å². The highest BCUT2D eigenvalue weighted by molar-refractivity contribution is 7.13. The summed E-state index contributed by atoms with van der Waals surface area (Å²) in [5.74, 6) is 0.598. The minimum absolute atomic E-state index is 0.124. The lowest BCUT2D eigenvalue weighted by molar-refractivity contribution is -0.132. The summed E-state index contributed by atoms with van der Waals surface area (Å²) < 4.78 is 0. The summed E-state index contributed by atoms with van der Waals surface area (Å²) >= 11 is 1.38. The largest absolute Gasteiger partial charge is 0.375 e. The van der Waals surface area contributed by atoms with Crippen molar-refractivity contribution in [2.24, 2.45) is 5.92 Å². The average Bonchev–Trinajstić information content (AvgIpc) is 2.59. The van der Waals surface area contributed by atoms with Gasteiger partial charge in [-0.05, 0) is 19.8 Å². The molecule has 96 valence electrons. The van der Waals surface area contributed by atoms with Crippen LogP contribution >= 0.6 is 11.3 Å². The van der Waals surface area contributed by atoms with Crippen LogP contribution < -0.4 is 5.73 Å². The van der Waals surface area contributed by atoms with E-state index in [1.54, 1.807) is 0 Å². The summed E-state index contributed by atoms with van der Waals surface area (Å²) in [6, 6.07) is 0.223. The van der Waals surface area contributed by atoms with Gasteiger partial charge in [0.2, 0.25) is 5.91 Å². The molecule has 0 aromatic carbocycles. The van der Waals surface area contributed by atoms with E-state index in [0.29, 0.717) is 17.5 Å². The third kappa shape index (κ3) is 4.34. The lowest BCUT2D eigenvalue weighted by Crippen LogP contribution is -2.40. The van der Waals surface area contributed by atoms with E-state index in [-0.39, 0.29) is 11.9 Å². The van der Waals surface area contributed by atoms with Gasteiger partial charge in [0.25, 0.3) is 0 Å². The molecule has 0 unspecified atom stereocenters. The fourth-order valence-corrected chi connectivity index (χ4v) is 2.22. The number of hydrogen-bond donors (Lipinski definition) is 1. The maximum absolute atomic E-state index is 12.1. The number of amides is 1. The van der Waals surface area contributed by atoms with Gasteiger partial charge in [0.05, 0.1) is 12.1 Å². The second kappa shape index (κ2) is 6.00. The number of carbonyl (C=O) groups is 1. The van der Waals surface area contributed by atoms with Crippen molar-refractivity contribution in [1.29, 1.82) is 0 Å². The molecular weight excluding hydrogens is 234 g/mol. The molecule has 0 fully saturated rings. The van der Waals surface area contributed by atoms with Crippen LogP contribution in [-0.4, -0.2) is 28.4 Å². The lowest BCUT2D eigenvalue weighted by atomic mass is 10.1. The van der Waals surface area contributed by atoms with Gasteiger partial charge < -0.3 is 10.6 Å². The van der Waals surface area contributed by atoms with Crippen molar-refractivity contribution >= 4 is 22.4 Å². The van der Waals surface area contributed by atoms with Crippen LogP contribution in [0.1, 0.15) is 33.4 Å². The van der Waals surface area contributed by atoms with Crippen LogP contribution in [-0.2, 0) is 11.2 Å². The first kappa shape index (κ1) is 14.0. The molecule has 1 heterocycles. The van der Waals surface area contributed by atoms with E-state index in [0.717, 1.165) is 12.2 Å². The minimum atomic E-state index is 0.124. The standard InChI is InChI=1S/C12H21N3OS/c1-8(2)6-15(9(3)4)11(16)5-10-7-17-12(13)14-10/h7-9H,5-6H2,1-4H3,(H2,13,14). The molecule has 1 amide bonds. The van der Waals surface area contributed by atoms with Crippen molar-refractivity contribution in [3.63, 3.8) is 0 Å². The highest BCUT2D eigenvalue weighted by Crippen LogP contribution is 2.13. The number of nitrogens with zero attached hydrogens (tertiary/aromatic N) is 2. The summed E-state index contributed by atoms with van der Waals surface area (Å²) in [6.45, 7) is 9.09. The minimum Gasteiger partial charge on any atom is -0.375 e. The SMILES string of the molecule is CC(C)CN(C(=O)Cc1csc(N)n1)C(C)C. The summed E-state index contributed by atoms with van der Waals surface area (Å²) in [6.07, 6.45) is 0.346. The van der Waals surface area contributed by atoms with E-state index >= 15 is 0 Å². The Morgan fingerprint density at radius 2 is 2.12 bits per heavy atom. The van der Waals surface area contributed by atoms with Crippen molar-refractivity contribution in [2.45, 2.75) is 40.2 Å². The fourth-order valence-electron chi connectivity index (χ4n) is 1.65. The van der Waals surface area contributed by atoms with Crippen molar-refractivity contribution in [3.05, 3.63) is 11.1 Å². The zero-order valence-corrected chi connectivity index (χ0v) is 11.8. The maximum atomic E-state index is 12.1. The molecule has 0 saturated carbocycles. The lowest BCUT2D eigenvalue weighted by Gasteiger charge is -2.28. The Hall–Kier alpha value is -1.10. The predicted molar refractivity (Wildman–Crippen MR) is 71.9 cm³/mol. The number of rotatable bonds is 5. The van der Waals surface area contributed by atoms with E-state index < -0.39 is 0 Å². The molecule has 0 bridgehead atoms. The number of hydrogen-bond acceptors (Lipinski definition) is 4. The number of anilines is 1. The van der Waals surface area contributed by atoms with Gasteiger partial charge in [-0.3, -0.25) is 4.79 Å². The smallest absolute Gasteiger partial charge is 0.228 e. The Kier molecular flexibility index (Phi) is 4.93. The molecule has 0 saturated heterocycles. The molecule has 2 N–H and O–H groups in total. The zero-order chi connectivity index (χ0) is 13.0. The van der Waals surface area contributed by atoms with E-state index in [1.807, 2.05) is 24.1 Å². The fraction of sp³-hybridized carbons (Fsp3) is 0.667. The normalized spacial score (nSPS) is 11.2. The molecule has 0 aliphatic heterocycles. The number of nitrogen functional groups attached to an aromatic ring is 1. The summed E-state index contributed by atoms with van der Waals surface area (Å²) in [5.41, 5.74) is 6.32. The third-order valence-corrected chi connectivity index (χ3v) is 3.13. The molecular formula is C12H21N3OS. The van der Waals surface area contributed by atoms with Crippen LogP contribution in [0.4, 0.5) is 5.13 Å². The monoisotopic (exact) mass is 255 g/mol. The molecule has 0 aliphatic carbocycles. The van der Waals surface area contributed by atoms with Gasteiger partial charge in [0.1, 0.15) is 0 Å². The highest BCUT2D eigenvalue weighted by Gasteiger charge is 2.19. The van der Waals surface area contributed by atoms with Crippen LogP contribution in [0.3, 0.4) is 0 Å². The molecule has 0 atom stereocenters. The zero-order valence-electron chi connectivity index (χ0n) is 10.9. The second-order valence-corrected chi connectivity index (χ2v) is 5.78. The summed E-state index contributed by atoms with van der Waals surface area (Å²) in [7, 11) is 0. The van der Waals surface area contributed by atoms with Crippen molar-refractivity contribution in [1.82, 2.24) is 9.88 Å². The summed E-state index contributed by atoms with van der Waals surface area (Å²) in [5, 5.41) is 2.37. The molecule has 17 heavy (non-hydrogen) atoms. The van der Waals surface area contributed by atoms with Crippen LogP contribution in [0.25, 0.3) is 0 Å². The van der Waals surface area contributed by atoms with Crippen LogP contribution in [0.15, 0.2) is 5.38 Å². The molecule has 0 radical (unpaired) electrons. The van der Waals surface area contributed by atoms with Crippen molar-refractivity contribution in [3.8, 4) is 0 Å². The topological polar surface area (TPSA) is 59.2 Å². The predicted octanol–water partition coefficient (Wildman–Crippen LogP) is 2.16. The molecule has 0 aliphatic rings. The van der Waals surface area contributed by atoms with Crippen LogP contribution in [0.5, 0.6) is 0 Å².